The summed E-state index contributed by atoms with van der Waals surface area (Å²) in [4.78, 5) is 14.9. The van der Waals surface area contributed by atoms with Gasteiger partial charge in [-0.2, -0.15) is 0 Å². The highest BCUT2D eigenvalue weighted by molar-refractivity contribution is 5.84. The minimum absolute atomic E-state index is 0.117. The van der Waals surface area contributed by atoms with Crippen LogP contribution in [-0.2, 0) is 5.41 Å². The van der Waals surface area contributed by atoms with E-state index in [-0.39, 0.29) is 5.41 Å². The van der Waals surface area contributed by atoms with Crippen LogP contribution in [0.15, 0.2) is 164 Å². The van der Waals surface area contributed by atoms with Gasteiger partial charge in [-0.05, 0) is 74.8 Å². The first-order valence-electron chi connectivity index (χ1n) is 17.8. The van der Waals surface area contributed by atoms with Gasteiger partial charge in [-0.1, -0.05) is 147 Å². The first kappa shape index (κ1) is 30.9. The van der Waals surface area contributed by atoms with Gasteiger partial charge in [0, 0.05) is 22.1 Å². The van der Waals surface area contributed by atoms with Crippen molar-refractivity contribution >= 4 is 0 Å². The van der Waals surface area contributed by atoms with E-state index in [1.165, 1.54) is 27.8 Å². The molecule has 0 atom stereocenters. The monoisotopic (exact) mass is 683 g/mol. The fraction of sp³-hybridized carbons (Fsp3) is 0.0625. The molecular weight excluding hydrogens is 651 g/mol. The van der Waals surface area contributed by atoms with Gasteiger partial charge in [0.05, 0.1) is 0 Å². The Labute approximate surface area is 308 Å². The topological polar surface area (TPSA) is 57.1 Å². The van der Waals surface area contributed by atoms with Crippen molar-refractivity contribution in [3.63, 3.8) is 0 Å². The average molecular weight is 684 g/mol. The molecule has 0 saturated carbocycles. The van der Waals surface area contributed by atoms with E-state index in [1.807, 2.05) is 60.7 Å². The van der Waals surface area contributed by atoms with E-state index >= 15 is 0 Å². The van der Waals surface area contributed by atoms with E-state index in [9.17, 15) is 0 Å². The second-order valence-electron chi connectivity index (χ2n) is 14.1. The molecule has 0 radical (unpaired) electrons. The number of hydrogen-bond donors (Lipinski definition) is 0. The molecule has 1 aliphatic carbocycles. The van der Waals surface area contributed by atoms with E-state index in [2.05, 4.69) is 117 Å². The molecule has 0 bridgehead atoms. The lowest BCUT2D eigenvalue weighted by Crippen LogP contribution is -2.15. The largest absolute Gasteiger partial charge is 0.450 e. The third-order valence-electron chi connectivity index (χ3n) is 10.4. The Morgan fingerprint density at radius 2 is 0.830 bits per heavy atom. The van der Waals surface area contributed by atoms with E-state index in [4.69, 9.17) is 24.4 Å². The van der Waals surface area contributed by atoms with Crippen LogP contribution < -0.4 is 9.47 Å². The summed E-state index contributed by atoms with van der Waals surface area (Å²) in [5, 5.41) is 0. The molecule has 2 heterocycles. The molecule has 8 aromatic rings. The summed E-state index contributed by atoms with van der Waals surface area (Å²) in [5.41, 5.74) is 12.0. The maximum atomic E-state index is 6.57. The Morgan fingerprint density at radius 1 is 0.340 bits per heavy atom. The molecular formula is C48H33N3O2. The Hall–Kier alpha value is -6.85. The lowest BCUT2D eigenvalue weighted by molar-refractivity contribution is 0.359. The zero-order valence-electron chi connectivity index (χ0n) is 29.2. The summed E-state index contributed by atoms with van der Waals surface area (Å²) in [6, 6.07) is 56.1. The Kier molecular flexibility index (Phi) is 7.08. The Balaban J connectivity index is 0.998. The number of rotatable bonds is 5. The van der Waals surface area contributed by atoms with Gasteiger partial charge in [-0.25, -0.2) is 15.0 Å². The van der Waals surface area contributed by atoms with Crippen LogP contribution in [-0.4, -0.2) is 15.0 Å². The maximum absolute atomic E-state index is 6.57. The highest BCUT2D eigenvalue weighted by Gasteiger charge is 2.37. The first-order chi connectivity index (χ1) is 26.0. The molecule has 1 aromatic heterocycles. The van der Waals surface area contributed by atoms with Gasteiger partial charge >= 0.3 is 0 Å². The summed E-state index contributed by atoms with van der Waals surface area (Å²) in [5.74, 6) is 4.68. The normalized spacial score (nSPS) is 13.2. The smallest absolute Gasteiger partial charge is 0.170 e. The van der Waals surface area contributed by atoms with Crippen molar-refractivity contribution in [3.8, 4) is 90.5 Å². The maximum Gasteiger partial charge on any atom is 0.170 e. The molecule has 0 amide bonds. The predicted octanol–water partition coefficient (Wildman–Crippen LogP) is 12.4. The molecule has 0 spiro atoms. The Morgan fingerprint density at radius 3 is 1.58 bits per heavy atom. The summed E-state index contributed by atoms with van der Waals surface area (Å²) >= 11 is 0. The summed E-state index contributed by atoms with van der Waals surface area (Å²) in [7, 11) is 0. The molecule has 7 aromatic carbocycles. The van der Waals surface area contributed by atoms with Crippen LogP contribution >= 0.6 is 0 Å². The minimum atomic E-state index is -0.117. The summed E-state index contributed by atoms with van der Waals surface area (Å²) in [6.45, 7) is 4.54. The first-order valence-corrected chi connectivity index (χ1v) is 17.8. The second-order valence-corrected chi connectivity index (χ2v) is 14.1. The number of hydrogen-bond acceptors (Lipinski definition) is 5. The second kappa shape index (κ2) is 12.1. The average Bonchev–Trinajstić information content (AvgIpc) is 3.44. The van der Waals surface area contributed by atoms with Gasteiger partial charge in [0.15, 0.2) is 40.5 Å². The number of benzene rings is 7. The van der Waals surface area contributed by atoms with Crippen LogP contribution in [0.2, 0.25) is 0 Å². The van der Waals surface area contributed by atoms with E-state index < -0.39 is 0 Å². The van der Waals surface area contributed by atoms with E-state index in [1.54, 1.807) is 0 Å². The van der Waals surface area contributed by atoms with Gasteiger partial charge in [0.2, 0.25) is 0 Å². The molecule has 53 heavy (non-hydrogen) atoms. The number of ether oxygens (including phenoxy) is 2. The molecule has 0 unspecified atom stereocenters. The quantitative estimate of drug-likeness (QED) is 0.181. The number of aromatic nitrogens is 3. The molecule has 1 aliphatic heterocycles. The van der Waals surface area contributed by atoms with Gasteiger partial charge in [-0.3, -0.25) is 0 Å². The van der Waals surface area contributed by atoms with Crippen molar-refractivity contribution in [2.45, 2.75) is 19.3 Å². The van der Waals surface area contributed by atoms with Crippen molar-refractivity contribution in [2.75, 3.05) is 0 Å². The molecule has 0 saturated heterocycles. The molecule has 0 N–H and O–H groups in total. The van der Waals surface area contributed by atoms with Crippen LogP contribution in [0.5, 0.6) is 23.0 Å². The fourth-order valence-electron chi connectivity index (χ4n) is 7.59. The fourth-order valence-corrected chi connectivity index (χ4v) is 7.59. The lowest BCUT2D eigenvalue weighted by atomic mass is 9.82. The standard InChI is InChI=1S/C48H33N3O2/c1-48(2)39-19-10-9-18-37(39)38-28-43-44(29-40(38)48)52-41-25-24-35(27-42(41)53-43)34-16-11-17-36(26-34)47-50-45(32-14-7-4-8-15-32)49-46(51-47)33-22-20-31(21-23-33)30-12-5-3-6-13-30/h3-29H,1-2H3. The van der Waals surface area contributed by atoms with Crippen molar-refractivity contribution in [1.29, 1.82) is 0 Å². The highest BCUT2D eigenvalue weighted by Crippen LogP contribution is 2.55. The highest BCUT2D eigenvalue weighted by atomic mass is 16.6. The minimum Gasteiger partial charge on any atom is -0.450 e. The van der Waals surface area contributed by atoms with Gasteiger partial charge in [0.25, 0.3) is 0 Å². The van der Waals surface area contributed by atoms with Crippen LogP contribution in [0.1, 0.15) is 25.0 Å². The third-order valence-corrected chi connectivity index (χ3v) is 10.4. The predicted molar refractivity (Wildman–Crippen MR) is 211 cm³/mol. The Bertz CT molecular complexity index is 2690. The third kappa shape index (κ3) is 5.37. The molecule has 5 nitrogen and oxygen atoms in total. The van der Waals surface area contributed by atoms with Crippen molar-refractivity contribution < 1.29 is 9.47 Å². The number of fused-ring (bicyclic) bond motifs is 5. The summed E-state index contributed by atoms with van der Waals surface area (Å²) in [6.07, 6.45) is 0. The number of nitrogens with zero attached hydrogens (tertiary/aromatic N) is 3. The van der Waals surface area contributed by atoms with Gasteiger partial charge in [-0.15, -0.1) is 0 Å². The van der Waals surface area contributed by atoms with E-state index in [0.29, 0.717) is 29.0 Å². The zero-order chi connectivity index (χ0) is 35.5. The van der Waals surface area contributed by atoms with Crippen molar-refractivity contribution in [1.82, 2.24) is 15.0 Å². The van der Waals surface area contributed by atoms with Crippen molar-refractivity contribution in [3.05, 3.63) is 175 Å². The van der Waals surface area contributed by atoms with Crippen LogP contribution in [0.25, 0.3) is 67.5 Å². The molecule has 0 fully saturated rings. The van der Waals surface area contributed by atoms with Crippen LogP contribution in [0.4, 0.5) is 0 Å². The molecule has 5 heteroatoms. The summed E-state index contributed by atoms with van der Waals surface area (Å²) < 4.78 is 13.0. The van der Waals surface area contributed by atoms with Crippen LogP contribution in [0.3, 0.4) is 0 Å². The SMILES string of the molecule is CC1(C)c2ccccc2-c2cc3c(cc21)Oc1ccc(-c2cccc(-c4nc(-c5ccccc5)nc(-c5ccc(-c6ccccc6)cc5)n4)c2)cc1O3. The van der Waals surface area contributed by atoms with E-state index in [0.717, 1.165) is 44.9 Å². The zero-order valence-corrected chi connectivity index (χ0v) is 29.2. The van der Waals surface area contributed by atoms with Gasteiger partial charge in [0.1, 0.15) is 0 Å². The van der Waals surface area contributed by atoms with Crippen LogP contribution in [0, 0.1) is 0 Å². The lowest BCUT2D eigenvalue weighted by Gasteiger charge is -2.25. The molecule has 252 valence electrons. The van der Waals surface area contributed by atoms with Crippen molar-refractivity contribution in [2.24, 2.45) is 0 Å². The van der Waals surface area contributed by atoms with Gasteiger partial charge < -0.3 is 9.47 Å². The molecule has 10 rings (SSSR count). The molecule has 2 aliphatic rings.